The molecule has 0 radical (unpaired) electrons. The predicted molar refractivity (Wildman–Crippen MR) is 66.3 cm³/mol. The number of aromatic amines is 1. The number of imidazole rings is 1. The van der Waals surface area contributed by atoms with Crippen molar-refractivity contribution in [3.05, 3.63) is 41.7 Å². The quantitative estimate of drug-likeness (QED) is 0.710. The van der Waals surface area contributed by atoms with E-state index in [0.29, 0.717) is 17.8 Å². The Hall–Kier alpha value is -2.04. The maximum absolute atomic E-state index is 13.2. The second-order valence-electron chi connectivity index (χ2n) is 3.90. The molecule has 0 saturated carbocycles. The highest BCUT2D eigenvalue weighted by molar-refractivity contribution is 5.67. The Balaban J connectivity index is 1.97. The highest BCUT2D eigenvalue weighted by Crippen LogP contribution is 2.22. The zero-order chi connectivity index (χ0) is 12.3. The lowest BCUT2D eigenvalue weighted by atomic mass is 10.2. The third-order valence-electron chi connectivity index (χ3n) is 2.56. The first-order valence-corrected chi connectivity index (χ1v) is 5.44. The Bertz CT molecular complexity index is 493. The van der Waals surface area contributed by atoms with Crippen LogP contribution in [0.4, 0.5) is 15.8 Å². The summed E-state index contributed by atoms with van der Waals surface area (Å²) in [7, 11) is 0. The van der Waals surface area contributed by atoms with Crippen LogP contribution >= 0.6 is 0 Å². The number of hydrogen-bond acceptors (Lipinski definition) is 3. The summed E-state index contributed by atoms with van der Waals surface area (Å²) in [6.45, 7) is 2.41. The number of nitrogens with one attached hydrogen (secondary N) is 2. The van der Waals surface area contributed by atoms with Crippen LogP contribution in [0.15, 0.2) is 24.5 Å². The van der Waals surface area contributed by atoms with Gasteiger partial charge in [-0.1, -0.05) is 0 Å². The van der Waals surface area contributed by atoms with Gasteiger partial charge in [0, 0.05) is 25.4 Å². The van der Waals surface area contributed by atoms with Crippen molar-refractivity contribution in [1.82, 2.24) is 9.97 Å². The second kappa shape index (κ2) is 4.86. The number of aromatic nitrogens is 2. The van der Waals surface area contributed by atoms with Gasteiger partial charge in [-0.3, -0.25) is 0 Å². The van der Waals surface area contributed by atoms with E-state index < -0.39 is 0 Å². The van der Waals surface area contributed by atoms with Crippen molar-refractivity contribution in [1.29, 1.82) is 0 Å². The Labute approximate surface area is 99.1 Å². The van der Waals surface area contributed by atoms with E-state index in [9.17, 15) is 4.39 Å². The Kier molecular flexibility index (Phi) is 3.27. The van der Waals surface area contributed by atoms with Crippen molar-refractivity contribution in [2.75, 3.05) is 17.6 Å². The van der Waals surface area contributed by atoms with Crippen molar-refractivity contribution >= 4 is 11.4 Å². The number of anilines is 2. The molecular weight excluding hydrogens is 219 g/mol. The lowest BCUT2D eigenvalue weighted by Gasteiger charge is -2.10. The maximum Gasteiger partial charge on any atom is 0.128 e. The van der Waals surface area contributed by atoms with Crippen molar-refractivity contribution in [3.8, 4) is 0 Å². The van der Waals surface area contributed by atoms with Crippen LogP contribution in [-0.2, 0) is 6.42 Å². The molecule has 1 aromatic heterocycles. The molecule has 0 spiro atoms. The number of hydrogen-bond donors (Lipinski definition) is 3. The highest BCUT2D eigenvalue weighted by Gasteiger charge is 2.04. The topological polar surface area (TPSA) is 66.7 Å². The number of nitrogens with zero attached hydrogens (tertiary/aromatic N) is 1. The zero-order valence-corrected chi connectivity index (χ0v) is 9.63. The molecule has 5 heteroatoms. The fourth-order valence-electron chi connectivity index (χ4n) is 1.60. The minimum absolute atomic E-state index is 0.279. The van der Waals surface area contributed by atoms with E-state index in [1.54, 1.807) is 25.4 Å². The molecule has 1 heterocycles. The molecule has 4 N–H and O–H groups in total. The predicted octanol–water partition coefficient (Wildman–Crippen LogP) is 2.09. The number of aryl methyl sites for hydroxylation is 1. The van der Waals surface area contributed by atoms with Gasteiger partial charge in [-0.15, -0.1) is 0 Å². The molecule has 0 unspecified atom stereocenters. The largest absolute Gasteiger partial charge is 0.397 e. The van der Waals surface area contributed by atoms with E-state index in [0.717, 1.165) is 17.9 Å². The molecule has 2 aromatic rings. The number of nitrogens with two attached hydrogens (primary N) is 1. The number of halogens is 1. The van der Waals surface area contributed by atoms with Crippen LogP contribution in [0.1, 0.15) is 11.4 Å². The summed E-state index contributed by atoms with van der Waals surface area (Å²) in [6, 6.07) is 3.05. The minimum Gasteiger partial charge on any atom is -0.397 e. The van der Waals surface area contributed by atoms with Crippen LogP contribution in [0.25, 0.3) is 0 Å². The molecule has 0 atom stereocenters. The molecule has 0 aliphatic carbocycles. The number of rotatable bonds is 4. The molecule has 0 aliphatic heterocycles. The zero-order valence-electron chi connectivity index (χ0n) is 9.63. The van der Waals surface area contributed by atoms with Crippen LogP contribution in [0.3, 0.4) is 0 Å². The number of benzene rings is 1. The molecule has 0 saturated heterocycles. The van der Waals surface area contributed by atoms with Crippen LogP contribution < -0.4 is 11.1 Å². The molecule has 1 aromatic carbocycles. The summed E-state index contributed by atoms with van der Waals surface area (Å²) in [5, 5.41) is 3.17. The minimum atomic E-state index is -0.279. The molecule has 2 rings (SSSR count). The first-order chi connectivity index (χ1) is 8.16. The van der Waals surface area contributed by atoms with Gasteiger partial charge >= 0.3 is 0 Å². The normalized spacial score (nSPS) is 10.5. The van der Waals surface area contributed by atoms with Crippen LogP contribution in [-0.4, -0.2) is 16.5 Å². The smallest absolute Gasteiger partial charge is 0.128 e. The van der Waals surface area contributed by atoms with Gasteiger partial charge in [-0.25, -0.2) is 9.37 Å². The van der Waals surface area contributed by atoms with Crippen molar-refractivity contribution in [2.45, 2.75) is 13.3 Å². The summed E-state index contributed by atoms with van der Waals surface area (Å²) in [5.74, 6) is 0.633. The Morgan fingerprint density at radius 1 is 1.47 bits per heavy atom. The molecule has 4 nitrogen and oxygen atoms in total. The lowest BCUT2D eigenvalue weighted by Crippen LogP contribution is -2.08. The Morgan fingerprint density at radius 3 is 3.00 bits per heavy atom. The maximum atomic E-state index is 13.2. The SMILES string of the molecule is Cc1cc(NCCc2ncc[nH]2)c(N)cc1F. The molecule has 0 fully saturated rings. The third kappa shape index (κ3) is 2.75. The van der Waals surface area contributed by atoms with Gasteiger partial charge in [0.1, 0.15) is 11.6 Å². The first kappa shape index (κ1) is 11.4. The summed E-state index contributed by atoms with van der Waals surface area (Å²) >= 11 is 0. The molecule has 0 aliphatic rings. The van der Waals surface area contributed by atoms with Gasteiger partial charge in [0.15, 0.2) is 0 Å². The van der Waals surface area contributed by atoms with Gasteiger partial charge in [0.05, 0.1) is 11.4 Å². The fourth-order valence-corrected chi connectivity index (χ4v) is 1.60. The lowest BCUT2D eigenvalue weighted by molar-refractivity contribution is 0.619. The fraction of sp³-hybridized carbons (Fsp3) is 0.250. The number of nitrogen functional groups attached to an aromatic ring is 1. The molecule has 17 heavy (non-hydrogen) atoms. The summed E-state index contributed by atoms with van der Waals surface area (Å²) in [4.78, 5) is 7.13. The monoisotopic (exact) mass is 234 g/mol. The molecule has 90 valence electrons. The van der Waals surface area contributed by atoms with Crippen molar-refractivity contribution < 1.29 is 4.39 Å². The first-order valence-electron chi connectivity index (χ1n) is 5.44. The number of H-pyrrole nitrogens is 1. The van der Waals surface area contributed by atoms with Crippen molar-refractivity contribution in [2.24, 2.45) is 0 Å². The third-order valence-corrected chi connectivity index (χ3v) is 2.56. The average Bonchev–Trinajstić information content (AvgIpc) is 2.78. The molecule has 0 amide bonds. The van der Waals surface area contributed by atoms with Gasteiger partial charge in [-0.05, 0) is 24.6 Å². The summed E-state index contributed by atoms with van der Waals surface area (Å²) in [6.07, 6.45) is 4.26. The van der Waals surface area contributed by atoms with Gasteiger partial charge < -0.3 is 16.0 Å². The second-order valence-corrected chi connectivity index (χ2v) is 3.90. The van der Waals surface area contributed by atoms with Gasteiger partial charge in [0.25, 0.3) is 0 Å². The van der Waals surface area contributed by atoms with Crippen LogP contribution in [0.5, 0.6) is 0 Å². The van der Waals surface area contributed by atoms with E-state index in [2.05, 4.69) is 15.3 Å². The average molecular weight is 234 g/mol. The van der Waals surface area contributed by atoms with Crippen LogP contribution in [0, 0.1) is 12.7 Å². The van der Waals surface area contributed by atoms with E-state index in [1.807, 2.05) is 0 Å². The van der Waals surface area contributed by atoms with Crippen molar-refractivity contribution in [3.63, 3.8) is 0 Å². The van der Waals surface area contributed by atoms with E-state index >= 15 is 0 Å². The summed E-state index contributed by atoms with van der Waals surface area (Å²) in [5.41, 5.74) is 7.49. The standard InChI is InChI=1S/C12H15FN4/c1-8-6-11(10(14)7-9(8)13)15-3-2-12-16-4-5-17-12/h4-7,15H,2-3,14H2,1H3,(H,16,17). The Morgan fingerprint density at radius 2 is 2.29 bits per heavy atom. The molecule has 0 bridgehead atoms. The molecular formula is C12H15FN4. The van der Waals surface area contributed by atoms with E-state index in [1.165, 1.54) is 6.07 Å². The summed E-state index contributed by atoms with van der Waals surface area (Å²) < 4.78 is 13.2. The van der Waals surface area contributed by atoms with E-state index in [4.69, 9.17) is 5.73 Å². The highest BCUT2D eigenvalue weighted by atomic mass is 19.1. The van der Waals surface area contributed by atoms with Crippen LogP contribution in [0.2, 0.25) is 0 Å². The van der Waals surface area contributed by atoms with Gasteiger partial charge in [0.2, 0.25) is 0 Å². The van der Waals surface area contributed by atoms with Gasteiger partial charge in [-0.2, -0.15) is 0 Å². The van der Waals surface area contributed by atoms with E-state index in [-0.39, 0.29) is 5.82 Å².